The molecule has 0 unspecified atom stereocenters. The van der Waals surface area contributed by atoms with Crippen molar-refractivity contribution in [2.75, 3.05) is 19.0 Å². The van der Waals surface area contributed by atoms with Crippen LogP contribution in [0.15, 0.2) is 90.1 Å². The van der Waals surface area contributed by atoms with Crippen molar-refractivity contribution in [1.82, 2.24) is 0 Å². The van der Waals surface area contributed by atoms with Crippen LogP contribution in [0.4, 0.5) is 5.69 Å². The van der Waals surface area contributed by atoms with E-state index in [-0.39, 0.29) is 0 Å². The number of nitrogens with zero attached hydrogens (tertiary/aromatic N) is 1. The van der Waals surface area contributed by atoms with Crippen LogP contribution in [0.25, 0.3) is 0 Å². The molecule has 0 atom stereocenters. The summed E-state index contributed by atoms with van der Waals surface area (Å²) in [5.41, 5.74) is 4.03. The third-order valence-electron chi connectivity index (χ3n) is 3.88. The second kappa shape index (κ2) is 9.28. The minimum atomic E-state index is 0.347. The monoisotopic (exact) mass is 346 g/mol. The number of anilines is 1. The van der Waals surface area contributed by atoms with E-state index in [4.69, 9.17) is 9.57 Å². The van der Waals surface area contributed by atoms with Crippen molar-refractivity contribution in [3.05, 3.63) is 96.1 Å². The summed E-state index contributed by atoms with van der Waals surface area (Å²) in [5.74, 6) is 0.799. The molecule has 0 fully saturated rings. The average molecular weight is 346 g/mol. The Morgan fingerprint density at radius 2 is 1.50 bits per heavy atom. The molecule has 26 heavy (non-hydrogen) atoms. The van der Waals surface area contributed by atoms with Crippen LogP contribution in [0.2, 0.25) is 0 Å². The van der Waals surface area contributed by atoms with Crippen LogP contribution >= 0.6 is 0 Å². The van der Waals surface area contributed by atoms with E-state index < -0.39 is 0 Å². The molecule has 0 aliphatic heterocycles. The minimum absolute atomic E-state index is 0.347. The third kappa shape index (κ3) is 5.11. The molecule has 4 heteroatoms. The Kier molecular flexibility index (Phi) is 6.26. The number of nitrogens with one attached hydrogen (secondary N) is 1. The molecule has 0 saturated heterocycles. The van der Waals surface area contributed by atoms with E-state index in [0.29, 0.717) is 6.61 Å². The number of oxime groups is 1. The summed E-state index contributed by atoms with van der Waals surface area (Å²) in [5, 5.41) is 7.46. The first kappa shape index (κ1) is 17.5. The van der Waals surface area contributed by atoms with Gasteiger partial charge in [-0.15, -0.1) is 0 Å². The Hall–Kier alpha value is -3.27. The standard InChI is InChI=1S/C22H22N2O2/c1-25-24-22(19-8-4-2-5-9-19)17-26-21-14-12-18(13-15-21)16-23-20-10-6-3-7-11-20/h2-15,23H,16-17H2,1H3. The fourth-order valence-electron chi connectivity index (χ4n) is 2.52. The number of benzene rings is 3. The summed E-state index contributed by atoms with van der Waals surface area (Å²) in [6.07, 6.45) is 0. The van der Waals surface area contributed by atoms with Gasteiger partial charge >= 0.3 is 0 Å². The van der Waals surface area contributed by atoms with Gasteiger partial charge in [0.25, 0.3) is 0 Å². The van der Waals surface area contributed by atoms with Gasteiger partial charge in [-0.3, -0.25) is 0 Å². The Balaban J connectivity index is 1.56. The molecule has 4 nitrogen and oxygen atoms in total. The van der Waals surface area contributed by atoms with Crippen LogP contribution in [0, 0.1) is 0 Å². The molecule has 0 saturated carbocycles. The molecule has 0 aliphatic rings. The SMILES string of the molecule is CON=C(COc1ccc(CNc2ccccc2)cc1)c1ccccc1. The normalized spacial score (nSPS) is 11.0. The van der Waals surface area contributed by atoms with Crippen molar-refractivity contribution in [2.45, 2.75) is 6.54 Å². The second-order valence-corrected chi connectivity index (χ2v) is 5.74. The lowest BCUT2D eigenvalue weighted by Crippen LogP contribution is -2.13. The molecule has 1 N–H and O–H groups in total. The molecule has 3 aromatic carbocycles. The van der Waals surface area contributed by atoms with Gasteiger partial charge in [0, 0.05) is 17.8 Å². The Morgan fingerprint density at radius 1 is 0.846 bits per heavy atom. The van der Waals surface area contributed by atoms with Gasteiger partial charge in [-0.2, -0.15) is 0 Å². The largest absolute Gasteiger partial charge is 0.487 e. The predicted octanol–water partition coefficient (Wildman–Crippen LogP) is 4.73. The van der Waals surface area contributed by atoms with Crippen LogP contribution in [-0.2, 0) is 11.4 Å². The first-order valence-corrected chi connectivity index (χ1v) is 8.51. The zero-order valence-corrected chi connectivity index (χ0v) is 14.8. The molecule has 0 aliphatic carbocycles. The number of hydrogen-bond donors (Lipinski definition) is 1. The lowest BCUT2D eigenvalue weighted by molar-refractivity contribution is 0.210. The summed E-state index contributed by atoms with van der Waals surface area (Å²) in [7, 11) is 1.54. The number of hydrogen-bond acceptors (Lipinski definition) is 4. The maximum Gasteiger partial charge on any atom is 0.134 e. The summed E-state index contributed by atoms with van der Waals surface area (Å²) in [6.45, 7) is 1.12. The molecule has 0 radical (unpaired) electrons. The quantitative estimate of drug-likeness (QED) is 0.474. The molecule has 0 heterocycles. The fraction of sp³-hybridized carbons (Fsp3) is 0.136. The summed E-state index contributed by atoms with van der Waals surface area (Å²) in [6, 6.07) is 28.1. The molecular weight excluding hydrogens is 324 g/mol. The van der Waals surface area contributed by atoms with E-state index in [1.54, 1.807) is 0 Å². The predicted molar refractivity (Wildman–Crippen MR) is 106 cm³/mol. The van der Waals surface area contributed by atoms with E-state index in [1.807, 2.05) is 60.7 Å². The highest BCUT2D eigenvalue weighted by atomic mass is 16.6. The molecule has 3 rings (SSSR count). The van der Waals surface area contributed by atoms with Crippen LogP contribution in [0.5, 0.6) is 5.75 Å². The highest BCUT2D eigenvalue weighted by molar-refractivity contribution is 6.01. The summed E-state index contributed by atoms with van der Waals surface area (Å²) >= 11 is 0. The van der Waals surface area contributed by atoms with E-state index in [0.717, 1.165) is 29.3 Å². The van der Waals surface area contributed by atoms with Crippen molar-refractivity contribution in [3.63, 3.8) is 0 Å². The van der Waals surface area contributed by atoms with E-state index in [9.17, 15) is 0 Å². The van der Waals surface area contributed by atoms with Gasteiger partial charge in [0.05, 0.1) is 0 Å². The van der Waals surface area contributed by atoms with E-state index >= 15 is 0 Å². The van der Waals surface area contributed by atoms with Gasteiger partial charge in [-0.05, 0) is 29.8 Å². The van der Waals surface area contributed by atoms with Gasteiger partial charge in [0.1, 0.15) is 25.2 Å². The molecule has 0 amide bonds. The van der Waals surface area contributed by atoms with Gasteiger partial charge in [0.15, 0.2) is 0 Å². The molecule has 3 aromatic rings. The molecular formula is C22H22N2O2. The van der Waals surface area contributed by atoms with Crippen LogP contribution in [-0.4, -0.2) is 19.4 Å². The summed E-state index contributed by atoms with van der Waals surface area (Å²) < 4.78 is 5.86. The first-order valence-electron chi connectivity index (χ1n) is 8.51. The van der Waals surface area contributed by atoms with Crippen molar-refractivity contribution in [1.29, 1.82) is 0 Å². The lowest BCUT2D eigenvalue weighted by Gasteiger charge is -2.10. The van der Waals surface area contributed by atoms with Crippen molar-refractivity contribution < 1.29 is 9.57 Å². The van der Waals surface area contributed by atoms with Crippen LogP contribution < -0.4 is 10.1 Å². The minimum Gasteiger partial charge on any atom is -0.487 e. The molecule has 0 bridgehead atoms. The van der Waals surface area contributed by atoms with E-state index in [2.05, 4.69) is 34.7 Å². The Labute approximate surface area is 154 Å². The average Bonchev–Trinajstić information content (AvgIpc) is 2.72. The topological polar surface area (TPSA) is 42.9 Å². The highest BCUT2D eigenvalue weighted by Gasteiger charge is 2.06. The molecule has 0 spiro atoms. The van der Waals surface area contributed by atoms with Crippen LogP contribution in [0.3, 0.4) is 0 Å². The fourth-order valence-corrected chi connectivity index (χ4v) is 2.52. The van der Waals surface area contributed by atoms with Crippen molar-refractivity contribution in [3.8, 4) is 5.75 Å². The first-order chi connectivity index (χ1) is 12.8. The van der Waals surface area contributed by atoms with Gasteiger partial charge < -0.3 is 14.9 Å². The zero-order valence-electron chi connectivity index (χ0n) is 14.8. The Morgan fingerprint density at radius 3 is 2.15 bits per heavy atom. The zero-order chi connectivity index (χ0) is 18.0. The highest BCUT2D eigenvalue weighted by Crippen LogP contribution is 2.15. The number of rotatable bonds is 8. The van der Waals surface area contributed by atoms with Crippen LogP contribution in [0.1, 0.15) is 11.1 Å². The van der Waals surface area contributed by atoms with Gasteiger partial charge in [-0.25, -0.2) is 0 Å². The third-order valence-corrected chi connectivity index (χ3v) is 3.88. The number of para-hydroxylation sites is 1. The smallest absolute Gasteiger partial charge is 0.134 e. The lowest BCUT2D eigenvalue weighted by atomic mass is 10.1. The van der Waals surface area contributed by atoms with E-state index in [1.165, 1.54) is 12.7 Å². The van der Waals surface area contributed by atoms with Gasteiger partial charge in [0.2, 0.25) is 0 Å². The number of ether oxygens (including phenoxy) is 1. The van der Waals surface area contributed by atoms with Crippen molar-refractivity contribution in [2.24, 2.45) is 5.16 Å². The molecule has 0 aromatic heterocycles. The maximum atomic E-state index is 5.86. The second-order valence-electron chi connectivity index (χ2n) is 5.74. The Bertz CT molecular complexity index is 816. The summed E-state index contributed by atoms with van der Waals surface area (Å²) in [4.78, 5) is 4.94. The van der Waals surface area contributed by atoms with Gasteiger partial charge in [-0.1, -0.05) is 65.8 Å². The molecule has 132 valence electrons. The maximum absolute atomic E-state index is 5.86. The van der Waals surface area contributed by atoms with Crippen molar-refractivity contribution >= 4 is 11.4 Å².